The first kappa shape index (κ1) is 12.2. The monoisotopic (exact) mass is 261 g/mol. The number of rotatable bonds is 2. The second-order valence-corrected chi connectivity index (χ2v) is 5.05. The van der Waals surface area contributed by atoms with Crippen molar-refractivity contribution in [2.45, 2.75) is 19.3 Å². The fourth-order valence-corrected chi connectivity index (χ4v) is 2.54. The summed E-state index contributed by atoms with van der Waals surface area (Å²) in [5.74, 6) is 0.0963. The molecule has 1 N–H and O–H groups in total. The standard InChI is InChI=1S/C12H14Cl2FN/c13-10-3-4-11(14)12(15)9(10)6-8-2-1-5-16-7-8/h3-4,8,16H,1-2,5-7H2. The fraction of sp³-hybridized carbons (Fsp3) is 0.500. The minimum atomic E-state index is -0.361. The zero-order valence-electron chi connectivity index (χ0n) is 8.90. The number of benzene rings is 1. The first-order valence-corrected chi connectivity index (χ1v) is 6.27. The van der Waals surface area contributed by atoms with E-state index in [1.165, 1.54) is 6.07 Å². The van der Waals surface area contributed by atoms with E-state index >= 15 is 0 Å². The van der Waals surface area contributed by atoms with E-state index in [4.69, 9.17) is 23.2 Å². The largest absolute Gasteiger partial charge is 0.316 e. The average molecular weight is 262 g/mol. The Bertz CT molecular complexity index is 376. The van der Waals surface area contributed by atoms with E-state index in [1.807, 2.05) is 0 Å². The van der Waals surface area contributed by atoms with Crippen molar-refractivity contribution in [3.63, 3.8) is 0 Å². The zero-order chi connectivity index (χ0) is 11.5. The minimum absolute atomic E-state index is 0.156. The normalized spacial score (nSPS) is 21.1. The Balaban J connectivity index is 2.16. The van der Waals surface area contributed by atoms with Crippen LogP contribution >= 0.6 is 23.2 Å². The van der Waals surface area contributed by atoms with Crippen molar-refractivity contribution in [3.8, 4) is 0 Å². The van der Waals surface area contributed by atoms with E-state index in [9.17, 15) is 4.39 Å². The Kier molecular flexibility index (Phi) is 4.06. The van der Waals surface area contributed by atoms with Gasteiger partial charge < -0.3 is 5.32 Å². The van der Waals surface area contributed by atoms with Crippen LogP contribution in [0.5, 0.6) is 0 Å². The molecule has 1 aromatic carbocycles. The van der Waals surface area contributed by atoms with Gasteiger partial charge in [0.15, 0.2) is 0 Å². The second-order valence-electron chi connectivity index (χ2n) is 4.24. The van der Waals surface area contributed by atoms with Gasteiger partial charge in [-0.05, 0) is 50.4 Å². The molecule has 1 saturated heterocycles. The molecule has 0 saturated carbocycles. The maximum atomic E-state index is 13.8. The SMILES string of the molecule is Fc1c(Cl)ccc(Cl)c1CC1CCCNC1. The van der Waals surface area contributed by atoms with Crippen LogP contribution in [0.25, 0.3) is 0 Å². The molecule has 1 aliphatic rings. The average Bonchev–Trinajstić information content (AvgIpc) is 2.31. The van der Waals surface area contributed by atoms with Gasteiger partial charge in [0.05, 0.1) is 5.02 Å². The summed E-state index contributed by atoms with van der Waals surface area (Å²) in [5.41, 5.74) is 0.558. The molecule has 0 radical (unpaired) electrons. The lowest BCUT2D eigenvalue weighted by Crippen LogP contribution is -2.31. The lowest BCUT2D eigenvalue weighted by atomic mass is 9.92. The molecule has 16 heavy (non-hydrogen) atoms. The van der Waals surface area contributed by atoms with E-state index in [0.717, 1.165) is 25.9 Å². The molecule has 0 spiro atoms. The maximum absolute atomic E-state index is 13.8. The quantitative estimate of drug-likeness (QED) is 0.802. The summed E-state index contributed by atoms with van der Waals surface area (Å²) in [7, 11) is 0. The molecule has 0 bridgehead atoms. The van der Waals surface area contributed by atoms with Crippen molar-refractivity contribution in [1.82, 2.24) is 5.32 Å². The van der Waals surface area contributed by atoms with Crippen molar-refractivity contribution < 1.29 is 4.39 Å². The molecular formula is C12H14Cl2FN. The molecule has 1 heterocycles. The third-order valence-electron chi connectivity index (χ3n) is 3.03. The highest BCUT2D eigenvalue weighted by Gasteiger charge is 2.18. The fourth-order valence-electron chi connectivity index (χ4n) is 2.14. The van der Waals surface area contributed by atoms with Gasteiger partial charge in [0.25, 0.3) is 0 Å². The van der Waals surface area contributed by atoms with E-state index < -0.39 is 0 Å². The van der Waals surface area contributed by atoms with E-state index in [-0.39, 0.29) is 10.8 Å². The number of halogens is 3. The predicted molar refractivity (Wildman–Crippen MR) is 65.7 cm³/mol. The van der Waals surface area contributed by atoms with Crippen molar-refractivity contribution in [2.75, 3.05) is 13.1 Å². The van der Waals surface area contributed by atoms with Gasteiger partial charge in [0, 0.05) is 10.6 Å². The highest BCUT2D eigenvalue weighted by molar-refractivity contribution is 6.33. The third kappa shape index (κ3) is 2.68. The van der Waals surface area contributed by atoms with Gasteiger partial charge in [-0.2, -0.15) is 0 Å². The molecule has 0 amide bonds. The number of hydrogen-bond acceptors (Lipinski definition) is 1. The van der Waals surface area contributed by atoms with Crippen LogP contribution in [0.15, 0.2) is 12.1 Å². The van der Waals surface area contributed by atoms with Gasteiger partial charge in [0.1, 0.15) is 5.82 Å². The molecule has 1 nitrogen and oxygen atoms in total. The summed E-state index contributed by atoms with van der Waals surface area (Å²) in [4.78, 5) is 0. The zero-order valence-corrected chi connectivity index (χ0v) is 10.4. The van der Waals surface area contributed by atoms with Gasteiger partial charge in [-0.15, -0.1) is 0 Å². The van der Waals surface area contributed by atoms with Crippen LogP contribution in [0.1, 0.15) is 18.4 Å². The molecule has 1 unspecified atom stereocenters. The molecule has 4 heteroatoms. The lowest BCUT2D eigenvalue weighted by molar-refractivity contribution is 0.372. The lowest BCUT2D eigenvalue weighted by Gasteiger charge is -2.23. The van der Waals surface area contributed by atoms with Gasteiger partial charge in [0.2, 0.25) is 0 Å². The highest BCUT2D eigenvalue weighted by Crippen LogP contribution is 2.29. The predicted octanol–water partition coefficient (Wildman–Crippen LogP) is 3.67. The summed E-state index contributed by atoms with van der Waals surface area (Å²) >= 11 is 11.8. The number of hydrogen-bond donors (Lipinski definition) is 1. The molecule has 0 aromatic heterocycles. The van der Waals surface area contributed by atoms with Crippen molar-refractivity contribution in [2.24, 2.45) is 5.92 Å². The smallest absolute Gasteiger partial charge is 0.146 e. The molecule has 1 fully saturated rings. The molecular weight excluding hydrogens is 248 g/mol. The molecule has 1 atom stereocenters. The van der Waals surface area contributed by atoms with E-state index in [2.05, 4.69) is 5.32 Å². The molecule has 0 aliphatic carbocycles. The van der Waals surface area contributed by atoms with Crippen molar-refractivity contribution in [1.29, 1.82) is 0 Å². The van der Waals surface area contributed by atoms with Crippen LogP contribution in [0, 0.1) is 11.7 Å². The van der Waals surface area contributed by atoms with Crippen LogP contribution in [-0.4, -0.2) is 13.1 Å². The Morgan fingerprint density at radius 2 is 2.06 bits per heavy atom. The number of nitrogens with one attached hydrogen (secondary N) is 1. The molecule has 2 rings (SSSR count). The Labute approximate surface area is 105 Å². The molecule has 88 valence electrons. The summed E-state index contributed by atoms with van der Waals surface area (Å²) < 4.78 is 13.8. The van der Waals surface area contributed by atoms with Crippen LogP contribution in [0.3, 0.4) is 0 Å². The number of piperidine rings is 1. The van der Waals surface area contributed by atoms with Crippen molar-refractivity contribution >= 4 is 23.2 Å². The Hall–Kier alpha value is -0.310. The summed E-state index contributed by atoms with van der Waals surface area (Å²) in [6.45, 7) is 1.99. The van der Waals surface area contributed by atoms with Crippen LogP contribution < -0.4 is 5.32 Å². The van der Waals surface area contributed by atoms with Crippen LogP contribution in [0.2, 0.25) is 10.0 Å². The van der Waals surface area contributed by atoms with Gasteiger partial charge in [-0.1, -0.05) is 23.2 Å². The van der Waals surface area contributed by atoms with Gasteiger partial charge in [-0.25, -0.2) is 4.39 Å². The molecule has 1 aliphatic heterocycles. The first-order valence-electron chi connectivity index (χ1n) is 5.51. The van der Waals surface area contributed by atoms with Crippen molar-refractivity contribution in [3.05, 3.63) is 33.6 Å². The highest BCUT2D eigenvalue weighted by atomic mass is 35.5. The molecule has 1 aromatic rings. The Morgan fingerprint density at radius 3 is 2.75 bits per heavy atom. The van der Waals surface area contributed by atoms with Crippen LogP contribution in [-0.2, 0) is 6.42 Å². The maximum Gasteiger partial charge on any atom is 0.146 e. The summed E-state index contributed by atoms with van der Waals surface area (Å²) in [6, 6.07) is 3.17. The minimum Gasteiger partial charge on any atom is -0.316 e. The van der Waals surface area contributed by atoms with E-state index in [0.29, 0.717) is 22.9 Å². The second kappa shape index (κ2) is 5.35. The summed E-state index contributed by atoms with van der Waals surface area (Å²) in [6.07, 6.45) is 2.93. The third-order valence-corrected chi connectivity index (χ3v) is 3.68. The first-order chi connectivity index (χ1) is 7.68. The Morgan fingerprint density at radius 1 is 1.31 bits per heavy atom. The summed E-state index contributed by atoms with van der Waals surface area (Å²) in [5, 5.41) is 3.94. The van der Waals surface area contributed by atoms with Crippen LogP contribution in [0.4, 0.5) is 4.39 Å². The van der Waals surface area contributed by atoms with E-state index in [1.54, 1.807) is 6.07 Å². The van der Waals surface area contributed by atoms with Gasteiger partial charge >= 0.3 is 0 Å². The topological polar surface area (TPSA) is 12.0 Å². The van der Waals surface area contributed by atoms with Gasteiger partial charge in [-0.3, -0.25) is 0 Å².